The van der Waals surface area contributed by atoms with Crippen molar-refractivity contribution in [2.45, 2.75) is 32.9 Å². The quantitative estimate of drug-likeness (QED) is 0.736. The van der Waals surface area contributed by atoms with Crippen molar-refractivity contribution < 1.29 is 0 Å². The summed E-state index contributed by atoms with van der Waals surface area (Å²) >= 11 is 0. The Bertz CT molecular complexity index is 880. The fraction of sp³-hybridized carbons (Fsp3) is 0.286. The number of fused-ring (bicyclic) bond motifs is 1. The summed E-state index contributed by atoms with van der Waals surface area (Å²) in [6, 6.07) is 17.2. The number of aromatic nitrogens is 2. The summed E-state index contributed by atoms with van der Waals surface area (Å²) < 4.78 is 0. The molecular weight excluding hydrogens is 322 g/mol. The van der Waals surface area contributed by atoms with E-state index in [-0.39, 0.29) is 6.17 Å². The molecule has 5 nitrogen and oxygen atoms in total. The van der Waals surface area contributed by atoms with E-state index in [9.17, 15) is 0 Å². The van der Waals surface area contributed by atoms with Gasteiger partial charge in [0.05, 0.1) is 18.4 Å². The first kappa shape index (κ1) is 16.7. The summed E-state index contributed by atoms with van der Waals surface area (Å²) in [5.74, 6) is 1.49. The highest BCUT2D eigenvalue weighted by atomic mass is 15.4. The van der Waals surface area contributed by atoms with Gasteiger partial charge in [-0.05, 0) is 42.7 Å². The molecule has 3 aromatic rings. The number of aryl methyl sites for hydroxylation is 1. The van der Waals surface area contributed by atoms with Gasteiger partial charge >= 0.3 is 0 Å². The monoisotopic (exact) mass is 347 g/mol. The molecule has 0 radical (unpaired) electrons. The zero-order valence-electron chi connectivity index (χ0n) is 15.5. The number of aromatic amines is 1. The van der Waals surface area contributed by atoms with E-state index in [1.54, 1.807) is 0 Å². The topological polar surface area (TPSA) is 61.2 Å². The number of H-pyrrole nitrogens is 1. The van der Waals surface area contributed by atoms with Crippen LogP contribution in [0.25, 0.3) is 0 Å². The molecular formula is C21H25N5. The first-order chi connectivity index (χ1) is 12.5. The van der Waals surface area contributed by atoms with Crippen LogP contribution in [0.5, 0.6) is 0 Å². The molecule has 1 atom stereocenters. The van der Waals surface area contributed by atoms with Crippen molar-refractivity contribution >= 4 is 17.2 Å². The van der Waals surface area contributed by atoms with Gasteiger partial charge in [-0.1, -0.05) is 43.7 Å². The third kappa shape index (κ3) is 2.84. The Morgan fingerprint density at radius 2 is 1.69 bits per heavy atom. The lowest BCUT2D eigenvalue weighted by molar-refractivity contribution is 0.617. The van der Waals surface area contributed by atoms with E-state index in [2.05, 4.69) is 89.3 Å². The van der Waals surface area contributed by atoms with Gasteiger partial charge in [0.15, 0.2) is 0 Å². The molecule has 0 aliphatic carbocycles. The second kappa shape index (κ2) is 6.50. The Morgan fingerprint density at radius 3 is 2.35 bits per heavy atom. The standard InChI is InChI=1S/C21H25N5/c1-14(2)16-6-10-18(11-7-16)26-13-25(17-8-4-15(3)5-9-17)20(22)19-12-23-24-21(19)26/h4-12,14,20H,13,22H2,1-3H3,(H,23,24). The predicted octanol–water partition coefficient (Wildman–Crippen LogP) is 4.41. The number of nitrogens with one attached hydrogen (secondary N) is 1. The van der Waals surface area contributed by atoms with Crippen LogP contribution in [0.3, 0.4) is 0 Å². The highest BCUT2D eigenvalue weighted by molar-refractivity contribution is 5.69. The smallest absolute Gasteiger partial charge is 0.136 e. The van der Waals surface area contributed by atoms with Gasteiger partial charge in [0.25, 0.3) is 0 Å². The highest BCUT2D eigenvalue weighted by Crippen LogP contribution is 2.38. The van der Waals surface area contributed by atoms with Gasteiger partial charge in [-0.3, -0.25) is 5.10 Å². The van der Waals surface area contributed by atoms with Gasteiger partial charge in [-0.25, -0.2) is 0 Å². The predicted molar refractivity (Wildman–Crippen MR) is 107 cm³/mol. The van der Waals surface area contributed by atoms with E-state index >= 15 is 0 Å². The van der Waals surface area contributed by atoms with Crippen molar-refractivity contribution in [3.8, 4) is 0 Å². The minimum Gasteiger partial charge on any atom is -0.334 e. The van der Waals surface area contributed by atoms with E-state index < -0.39 is 0 Å². The Hall–Kier alpha value is -2.79. The summed E-state index contributed by atoms with van der Waals surface area (Å²) in [6.45, 7) is 7.18. The van der Waals surface area contributed by atoms with Crippen molar-refractivity contribution in [2.75, 3.05) is 16.5 Å². The molecule has 3 N–H and O–H groups in total. The fourth-order valence-corrected chi connectivity index (χ4v) is 3.43. The molecule has 0 amide bonds. The van der Waals surface area contributed by atoms with Crippen molar-refractivity contribution in [1.29, 1.82) is 0 Å². The molecule has 1 unspecified atom stereocenters. The number of benzene rings is 2. The Balaban J connectivity index is 1.72. The molecule has 1 aliphatic rings. The summed E-state index contributed by atoms with van der Waals surface area (Å²) in [5.41, 5.74) is 12.4. The number of anilines is 3. The van der Waals surface area contributed by atoms with Crippen molar-refractivity contribution in [2.24, 2.45) is 5.73 Å². The van der Waals surface area contributed by atoms with E-state index in [1.807, 2.05) is 6.20 Å². The van der Waals surface area contributed by atoms with E-state index in [1.165, 1.54) is 11.1 Å². The molecule has 5 heteroatoms. The van der Waals surface area contributed by atoms with Gasteiger partial charge < -0.3 is 15.5 Å². The normalized spacial score (nSPS) is 16.9. The Labute approximate surface area is 154 Å². The van der Waals surface area contributed by atoms with Crippen molar-refractivity contribution in [1.82, 2.24) is 10.2 Å². The van der Waals surface area contributed by atoms with Crippen LogP contribution in [0.2, 0.25) is 0 Å². The molecule has 1 aliphatic heterocycles. The maximum Gasteiger partial charge on any atom is 0.136 e. The second-order valence-electron chi connectivity index (χ2n) is 7.24. The lowest BCUT2D eigenvalue weighted by Gasteiger charge is -2.41. The van der Waals surface area contributed by atoms with E-state index in [0.29, 0.717) is 12.6 Å². The number of rotatable bonds is 3. The summed E-state index contributed by atoms with van der Waals surface area (Å²) in [4.78, 5) is 4.43. The first-order valence-corrected chi connectivity index (χ1v) is 9.04. The van der Waals surface area contributed by atoms with Gasteiger partial charge in [0, 0.05) is 11.4 Å². The summed E-state index contributed by atoms with van der Waals surface area (Å²) in [7, 11) is 0. The third-order valence-corrected chi connectivity index (χ3v) is 5.10. The molecule has 4 rings (SSSR count). The maximum absolute atomic E-state index is 6.55. The fourth-order valence-electron chi connectivity index (χ4n) is 3.43. The number of hydrogen-bond donors (Lipinski definition) is 2. The van der Waals surface area contributed by atoms with Crippen LogP contribution in [0.15, 0.2) is 54.7 Å². The van der Waals surface area contributed by atoms with Gasteiger partial charge in [0.1, 0.15) is 12.0 Å². The Kier molecular flexibility index (Phi) is 4.17. The minimum absolute atomic E-state index is 0.224. The lowest BCUT2D eigenvalue weighted by atomic mass is 10.0. The highest BCUT2D eigenvalue weighted by Gasteiger charge is 2.31. The SMILES string of the molecule is Cc1ccc(N2CN(c3ccc(C(C)C)cc3)c3[nH]ncc3C2N)cc1. The average Bonchev–Trinajstić information content (AvgIpc) is 3.14. The van der Waals surface area contributed by atoms with Crippen LogP contribution in [-0.2, 0) is 0 Å². The molecule has 0 fully saturated rings. The molecule has 0 bridgehead atoms. The molecule has 1 aromatic heterocycles. The van der Waals surface area contributed by atoms with Crippen LogP contribution in [0.4, 0.5) is 17.2 Å². The first-order valence-electron chi connectivity index (χ1n) is 9.04. The van der Waals surface area contributed by atoms with Crippen molar-refractivity contribution in [3.63, 3.8) is 0 Å². The molecule has 26 heavy (non-hydrogen) atoms. The lowest BCUT2D eigenvalue weighted by Crippen LogP contribution is -2.46. The van der Waals surface area contributed by atoms with Gasteiger partial charge in [0.2, 0.25) is 0 Å². The number of nitrogens with zero attached hydrogens (tertiary/aromatic N) is 3. The zero-order valence-corrected chi connectivity index (χ0v) is 15.5. The molecule has 134 valence electrons. The molecule has 2 heterocycles. The summed E-state index contributed by atoms with van der Waals surface area (Å²) in [5, 5.41) is 7.37. The van der Waals surface area contributed by atoms with Crippen LogP contribution in [0.1, 0.15) is 42.6 Å². The third-order valence-electron chi connectivity index (χ3n) is 5.10. The van der Waals surface area contributed by atoms with Crippen LogP contribution < -0.4 is 15.5 Å². The van der Waals surface area contributed by atoms with Gasteiger partial charge in [-0.15, -0.1) is 0 Å². The molecule has 2 aromatic carbocycles. The second-order valence-corrected chi connectivity index (χ2v) is 7.24. The van der Waals surface area contributed by atoms with Crippen LogP contribution >= 0.6 is 0 Å². The molecule has 0 saturated heterocycles. The van der Waals surface area contributed by atoms with E-state index in [4.69, 9.17) is 5.73 Å². The van der Waals surface area contributed by atoms with Crippen molar-refractivity contribution in [3.05, 3.63) is 71.4 Å². The summed E-state index contributed by atoms with van der Waals surface area (Å²) in [6.07, 6.45) is 1.60. The average molecular weight is 347 g/mol. The largest absolute Gasteiger partial charge is 0.334 e. The molecule has 0 saturated carbocycles. The minimum atomic E-state index is -0.224. The zero-order chi connectivity index (χ0) is 18.3. The number of hydrogen-bond acceptors (Lipinski definition) is 4. The van der Waals surface area contributed by atoms with Crippen LogP contribution in [-0.4, -0.2) is 16.9 Å². The Morgan fingerprint density at radius 1 is 1.04 bits per heavy atom. The van der Waals surface area contributed by atoms with E-state index in [0.717, 1.165) is 22.8 Å². The van der Waals surface area contributed by atoms with Gasteiger partial charge in [-0.2, -0.15) is 5.10 Å². The molecule has 0 spiro atoms. The maximum atomic E-state index is 6.55. The number of nitrogens with two attached hydrogens (primary N) is 1. The van der Waals surface area contributed by atoms with Crippen LogP contribution in [0, 0.1) is 6.92 Å².